The molecule has 8 heteroatoms. The van der Waals surface area contributed by atoms with Crippen LogP contribution in [0.25, 0.3) is 0 Å². The number of hydrogen-bond donors (Lipinski definition) is 3. The number of nitrogens with one attached hydrogen (secondary N) is 2. The Labute approximate surface area is 144 Å². The molecule has 0 aromatic carbocycles. The molecule has 0 fully saturated rings. The number of aromatic nitrogens is 1. The zero-order valence-electron chi connectivity index (χ0n) is 14.1. The van der Waals surface area contributed by atoms with Gasteiger partial charge in [-0.3, -0.25) is 9.59 Å². The molecule has 0 aliphatic carbocycles. The van der Waals surface area contributed by atoms with E-state index >= 15 is 0 Å². The second-order valence-electron chi connectivity index (χ2n) is 6.66. The number of ether oxygens (including phenoxy) is 1. The first-order valence-corrected chi connectivity index (χ1v) is 8.25. The van der Waals surface area contributed by atoms with Gasteiger partial charge in [-0.15, -0.1) is 0 Å². The third-order valence-electron chi connectivity index (χ3n) is 4.27. The quantitative estimate of drug-likeness (QED) is 0.726. The van der Waals surface area contributed by atoms with Crippen molar-refractivity contribution in [3.8, 4) is 0 Å². The Balaban J connectivity index is 2.01. The SMILES string of the molecule is CC(C)C[C@@H](Nc1nc(C2CC=CO2)c2c(c1F)CNC2=O)C(N)=O. The van der Waals surface area contributed by atoms with E-state index in [4.69, 9.17) is 10.5 Å². The van der Waals surface area contributed by atoms with E-state index < -0.39 is 23.9 Å². The number of fused-ring (bicyclic) bond motifs is 1. The summed E-state index contributed by atoms with van der Waals surface area (Å²) < 4.78 is 20.3. The predicted molar refractivity (Wildman–Crippen MR) is 89.0 cm³/mol. The van der Waals surface area contributed by atoms with Crippen molar-refractivity contribution >= 4 is 17.6 Å². The highest BCUT2D eigenvalue weighted by atomic mass is 19.1. The number of halogens is 1. The second kappa shape index (κ2) is 6.70. The van der Waals surface area contributed by atoms with Gasteiger partial charge in [0.25, 0.3) is 5.91 Å². The Kier molecular flexibility index (Phi) is 4.61. The largest absolute Gasteiger partial charge is 0.492 e. The summed E-state index contributed by atoms with van der Waals surface area (Å²) in [5.41, 5.74) is 6.25. The number of nitrogens with zero attached hydrogens (tertiary/aromatic N) is 1. The number of anilines is 1. The van der Waals surface area contributed by atoms with Crippen LogP contribution in [0.5, 0.6) is 0 Å². The van der Waals surface area contributed by atoms with Crippen LogP contribution in [0.3, 0.4) is 0 Å². The Morgan fingerprint density at radius 2 is 2.32 bits per heavy atom. The van der Waals surface area contributed by atoms with Gasteiger partial charge in [0, 0.05) is 18.5 Å². The highest BCUT2D eigenvalue weighted by molar-refractivity contribution is 6.00. The molecule has 0 saturated heterocycles. The number of hydrogen-bond acceptors (Lipinski definition) is 5. The molecule has 1 aromatic heterocycles. The van der Waals surface area contributed by atoms with Crippen molar-refractivity contribution in [1.82, 2.24) is 10.3 Å². The zero-order valence-corrected chi connectivity index (χ0v) is 14.1. The summed E-state index contributed by atoms with van der Waals surface area (Å²) in [4.78, 5) is 28.1. The fourth-order valence-electron chi connectivity index (χ4n) is 3.08. The van der Waals surface area contributed by atoms with Crippen molar-refractivity contribution in [1.29, 1.82) is 0 Å². The van der Waals surface area contributed by atoms with Gasteiger partial charge in [-0.1, -0.05) is 13.8 Å². The van der Waals surface area contributed by atoms with Crippen molar-refractivity contribution in [3.63, 3.8) is 0 Å². The van der Waals surface area contributed by atoms with Crippen LogP contribution in [0, 0.1) is 11.7 Å². The third kappa shape index (κ3) is 3.29. The first kappa shape index (κ1) is 17.2. The number of primary amides is 1. The first-order valence-electron chi connectivity index (χ1n) is 8.25. The molecule has 3 rings (SSSR count). The Hall–Kier alpha value is -2.64. The molecule has 25 heavy (non-hydrogen) atoms. The molecule has 7 nitrogen and oxygen atoms in total. The Morgan fingerprint density at radius 3 is 2.92 bits per heavy atom. The lowest BCUT2D eigenvalue weighted by Crippen LogP contribution is -2.37. The van der Waals surface area contributed by atoms with Gasteiger partial charge in [0.2, 0.25) is 5.91 Å². The Bertz CT molecular complexity index is 740. The summed E-state index contributed by atoms with van der Waals surface area (Å²) >= 11 is 0. The average molecular weight is 348 g/mol. The van der Waals surface area contributed by atoms with E-state index in [0.29, 0.717) is 18.5 Å². The van der Waals surface area contributed by atoms with Crippen LogP contribution in [-0.2, 0) is 16.1 Å². The number of carbonyl (C=O) groups is 2. The molecule has 2 atom stereocenters. The van der Waals surface area contributed by atoms with Gasteiger partial charge in [-0.05, 0) is 18.4 Å². The Morgan fingerprint density at radius 1 is 1.56 bits per heavy atom. The van der Waals surface area contributed by atoms with E-state index in [9.17, 15) is 14.0 Å². The third-order valence-corrected chi connectivity index (χ3v) is 4.27. The highest BCUT2D eigenvalue weighted by Crippen LogP contribution is 2.35. The molecule has 0 saturated carbocycles. The lowest BCUT2D eigenvalue weighted by molar-refractivity contribution is -0.119. The monoisotopic (exact) mass is 348 g/mol. The lowest BCUT2D eigenvalue weighted by Gasteiger charge is -2.21. The van der Waals surface area contributed by atoms with Crippen molar-refractivity contribution < 1.29 is 18.7 Å². The van der Waals surface area contributed by atoms with Gasteiger partial charge < -0.3 is 21.1 Å². The normalized spacial score (nSPS) is 19.5. The van der Waals surface area contributed by atoms with Crippen LogP contribution < -0.4 is 16.4 Å². The van der Waals surface area contributed by atoms with Crippen molar-refractivity contribution in [2.45, 2.75) is 45.4 Å². The van der Waals surface area contributed by atoms with Gasteiger partial charge in [-0.2, -0.15) is 0 Å². The van der Waals surface area contributed by atoms with Crippen LogP contribution >= 0.6 is 0 Å². The second-order valence-corrected chi connectivity index (χ2v) is 6.66. The first-order chi connectivity index (χ1) is 11.9. The van der Waals surface area contributed by atoms with E-state index in [2.05, 4.69) is 15.6 Å². The van der Waals surface area contributed by atoms with E-state index in [1.807, 2.05) is 19.9 Å². The van der Waals surface area contributed by atoms with Crippen molar-refractivity contribution in [2.24, 2.45) is 11.7 Å². The molecule has 2 amide bonds. The fourth-order valence-corrected chi connectivity index (χ4v) is 3.08. The summed E-state index contributed by atoms with van der Waals surface area (Å²) in [6, 6.07) is -0.749. The standard InChI is InChI=1S/C17H21FN4O3/c1-8(2)6-10(15(19)23)21-16-13(18)9-7-20-17(24)12(9)14(22-16)11-4-3-5-25-11/h3,5,8,10-11H,4,6-7H2,1-2H3,(H2,19,23)(H,20,24)(H,21,22)/t10-,11?/m1/s1. The lowest BCUT2D eigenvalue weighted by atomic mass is 10.0. The maximum Gasteiger partial charge on any atom is 0.254 e. The number of carbonyl (C=O) groups excluding carboxylic acids is 2. The average Bonchev–Trinajstić information content (AvgIpc) is 3.19. The molecule has 1 aromatic rings. The molecule has 0 bridgehead atoms. The number of nitrogens with two attached hydrogens (primary N) is 1. The summed E-state index contributed by atoms with van der Waals surface area (Å²) in [6.07, 6.45) is 3.89. The minimum absolute atomic E-state index is 0.0785. The number of amides is 2. The number of pyridine rings is 1. The minimum atomic E-state index is -0.749. The van der Waals surface area contributed by atoms with Crippen LogP contribution in [0.4, 0.5) is 10.2 Å². The number of rotatable bonds is 6. The van der Waals surface area contributed by atoms with E-state index in [0.717, 1.165) is 0 Å². The fraction of sp³-hybridized carbons (Fsp3) is 0.471. The van der Waals surface area contributed by atoms with Crippen molar-refractivity contribution in [2.75, 3.05) is 5.32 Å². The topological polar surface area (TPSA) is 106 Å². The van der Waals surface area contributed by atoms with Crippen LogP contribution in [-0.4, -0.2) is 22.8 Å². The van der Waals surface area contributed by atoms with Gasteiger partial charge in [-0.25, -0.2) is 9.37 Å². The maximum absolute atomic E-state index is 14.8. The van der Waals surface area contributed by atoms with Crippen LogP contribution in [0.15, 0.2) is 12.3 Å². The summed E-state index contributed by atoms with van der Waals surface area (Å²) in [5.74, 6) is -1.48. The maximum atomic E-state index is 14.8. The molecule has 4 N–H and O–H groups in total. The molecular weight excluding hydrogens is 327 g/mol. The van der Waals surface area contributed by atoms with Crippen LogP contribution in [0.1, 0.15) is 54.4 Å². The predicted octanol–water partition coefficient (Wildman–Crippen LogP) is 1.75. The summed E-state index contributed by atoms with van der Waals surface area (Å²) in [7, 11) is 0. The molecule has 0 spiro atoms. The zero-order chi connectivity index (χ0) is 18.1. The van der Waals surface area contributed by atoms with Gasteiger partial charge in [0.1, 0.15) is 12.1 Å². The van der Waals surface area contributed by atoms with E-state index in [-0.39, 0.29) is 35.3 Å². The highest BCUT2D eigenvalue weighted by Gasteiger charge is 2.34. The van der Waals surface area contributed by atoms with Gasteiger partial charge in [0.15, 0.2) is 11.6 Å². The minimum Gasteiger partial charge on any atom is -0.492 e. The van der Waals surface area contributed by atoms with Gasteiger partial charge in [0.05, 0.1) is 17.5 Å². The molecule has 0 radical (unpaired) electrons. The van der Waals surface area contributed by atoms with Crippen LogP contribution in [0.2, 0.25) is 0 Å². The summed E-state index contributed by atoms with van der Waals surface area (Å²) in [6.45, 7) is 3.96. The molecular formula is C17H21FN4O3. The van der Waals surface area contributed by atoms with E-state index in [1.54, 1.807) is 0 Å². The molecule has 134 valence electrons. The molecule has 3 heterocycles. The smallest absolute Gasteiger partial charge is 0.254 e. The molecule has 2 aliphatic heterocycles. The van der Waals surface area contributed by atoms with E-state index in [1.165, 1.54) is 6.26 Å². The molecule has 2 aliphatic rings. The van der Waals surface area contributed by atoms with Gasteiger partial charge >= 0.3 is 0 Å². The molecule has 1 unspecified atom stereocenters. The summed E-state index contributed by atoms with van der Waals surface area (Å²) in [5, 5.41) is 5.42. The van der Waals surface area contributed by atoms with Crippen molar-refractivity contribution in [3.05, 3.63) is 35.0 Å².